The molecule has 0 aliphatic carbocycles. The summed E-state index contributed by atoms with van der Waals surface area (Å²) in [5.74, 6) is -1.38. The topological polar surface area (TPSA) is 84.5 Å². The highest BCUT2D eigenvalue weighted by atomic mass is 79.9. The number of ether oxygens (including phenoxy) is 1. The smallest absolute Gasteiger partial charge is 0.412 e. The molecule has 2 amide bonds. The standard InChI is InChI=1S/C26H24BrFN2O4/c1-26(2,3)34-25(33)30-21-12-11-16(19-9-4-5-10-20(19)28)14-22(21)29-24(32)15-23(31)17-7-6-8-18(27)13-17/h4-14H,15H2,1-3H3,(H,29,32)(H,30,33). The van der Waals surface area contributed by atoms with Gasteiger partial charge >= 0.3 is 6.09 Å². The average molecular weight is 527 g/mol. The maximum Gasteiger partial charge on any atom is 0.412 e. The lowest BCUT2D eigenvalue weighted by Gasteiger charge is -2.21. The fourth-order valence-corrected chi connectivity index (χ4v) is 3.54. The van der Waals surface area contributed by atoms with Crippen LogP contribution >= 0.6 is 15.9 Å². The van der Waals surface area contributed by atoms with E-state index in [4.69, 9.17) is 4.74 Å². The van der Waals surface area contributed by atoms with Gasteiger partial charge in [0.2, 0.25) is 5.91 Å². The maximum atomic E-state index is 14.3. The number of ketones is 1. The van der Waals surface area contributed by atoms with E-state index in [1.165, 1.54) is 18.2 Å². The van der Waals surface area contributed by atoms with Gasteiger partial charge in [-0.1, -0.05) is 52.3 Å². The first-order valence-corrected chi connectivity index (χ1v) is 11.3. The molecule has 3 aromatic rings. The summed E-state index contributed by atoms with van der Waals surface area (Å²) in [6, 6.07) is 17.6. The molecule has 0 saturated carbocycles. The third-order valence-electron chi connectivity index (χ3n) is 4.58. The number of hydrogen-bond donors (Lipinski definition) is 2. The molecule has 6 nitrogen and oxygen atoms in total. The second-order valence-electron chi connectivity index (χ2n) is 8.53. The largest absolute Gasteiger partial charge is 0.444 e. The minimum atomic E-state index is -0.725. The summed E-state index contributed by atoms with van der Waals surface area (Å²) in [7, 11) is 0. The molecule has 34 heavy (non-hydrogen) atoms. The highest BCUT2D eigenvalue weighted by molar-refractivity contribution is 9.10. The van der Waals surface area contributed by atoms with Crippen LogP contribution < -0.4 is 10.6 Å². The lowest BCUT2D eigenvalue weighted by Crippen LogP contribution is -2.27. The predicted octanol–water partition coefficient (Wildman–Crippen LogP) is 6.81. The quantitative estimate of drug-likeness (QED) is 0.272. The Bertz CT molecular complexity index is 1240. The highest BCUT2D eigenvalue weighted by Gasteiger charge is 2.19. The zero-order chi connectivity index (χ0) is 24.9. The zero-order valence-corrected chi connectivity index (χ0v) is 20.5. The number of rotatable bonds is 6. The normalized spacial score (nSPS) is 11.0. The van der Waals surface area contributed by atoms with Crippen LogP contribution in [-0.2, 0) is 9.53 Å². The molecule has 2 N–H and O–H groups in total. The van der Waals surface area contributed by atoms with E-state index in [9.17, 15) is 18.8 Å². The lowest BCUT2D eigenvalue weighted by atomic mass is 10.0. The summed E-state index contributed by atoms with van der Waals surface area (Å²) in [6.07, 6.45) is -1.13. The summed E-state index contributed by atoms with van der Waals surface area (Å²) in [5.41, 5.74) is 0.929. The molecule has 8 heteroatoms. The van der Waals surface area contributed by atoms with Crippen molar-refractivity contribution in [3.63, 3.8) is 0 Å². The van der Waals surface area contributed by atoms with Gasteiger partial charge < -0.3 is 10.1 Å². The first kappa shape index (κ1) is 25.1. The molecule has 0 aromatic heterocycles. The van der Waals surface area contributed by atoms with Crippen molar-refractivity contribution >= 4 is 45.1 Å². The third-order valence-corrected chi connectivity index (χ3v) is 5.08. The summed E-state index contributed by atoms with van der Waals surface area (Å²) in [5, 5.41) is 5.26. The molecular weight excluding hydrogens is 503 g/mol. The van der Waals surface area contributed by atoms with Crippen molar-refractivity contribution in [2.24, 2.45) is 0 Å². The molecule has 0 unspecified atom stereocenters. The number of halogens is 2. The van der Waals surface area contributed by atoms with Crippen molar-refractivity contribution in [3.05, 3.63) is 82.6 Å². The zero-order valence-electron chi connectivity index (χ0n) is 18.9. The van der Waals surface area contributed by atoms with Gasteiger partial charge in [-0.2, -0.15) is 0 Å². The van der Waals surface area contributed by atoms with Gasteiger partial charge in [-0.15, -0.1) is 0 Å². The van der Waals surface area contributed by atoms with Gasteiger partial charge in [-0.05, 0) is 56.7 Å². The molecule has 0 aliphatic rings. The SMILES string of the molecule is CC(C)(C)OC(=O)Nc1ccc(-c2ccccc2F)cc1NC(=O)CC(=O)c1cccc(Br)c1. The van der Waals surface area contributed by atoms with Gasteiger partial charge in [-0.3, -0.25) is 14.9 Å². The lowest BCUT2D eigenvalue weighted by molar-refractivity contribution is -0.115. The van der Waals surface area contributed by atoms with Crippen LogP contribution in [0.4, 0.5) is 20.6 Å². The molecule has 3 aromatic carbocycles. The molecule has 3 rings (SSSR count). The molecular formula is C26H24BrFN2O4. The molecule has 0 bridgehead atoms. The van der Waals surface area contributed by atoms with Crippen molar-refractivity contribution in [1.82, 2.24) is 0 Å². The Morgan fingerprint density at radius 3 is 2.32 bits per heavy atom. The minimum absolute atomic E-state index is 0.207. The van der Waals surface area contributed by atoms with E-state index in [1.807, 2.05) is 0 Å². The number of hydrogen-bond acceptors (Lipinski definition) is 4. The number of nitrogens with one attached hydrogen (secondary N) is 2. The van der Waals surface area contributed by atoms with E-state index >= 15 is 0 Å². The van der Waals surface area contributed by atoms with E-state index in [0.717, 1.165) is 4.47 Å². The Morgan fingerprint density at radius 1 is 0.912 bits per heavy atom. The van der Waals surface area contributed by atoms with Crippen LogP contribution in [0.2, 0.25) is 0 Å². The van der Waals surface area contributed by atoms with Crippen LogP contribution in [0, 0.1) is 5.82 Å². The van der Waals surface area contributed by atoms with Gasteiger partial charge in [0, 0.05) is 15.6 Å². The Morgan fingerprint density at radius 2 is 1.65 bits per heavy atom. The second kappa shape index (κ2) is 10.6. The van der Waals surface area contributed by atoms with Gasteiger partial charge in [0.1, 0.15) is 11.4 Å². The molecule has 0 heterocycles. The van der Waals surface area contributed by atoms with E-state index in [2.05, 4.69) is 26.6 Å². The van der Waals surface area contributed by atoms with Crippen molar-refractivity contribution < 1.29 is 23.5 Å². The van der Waals surface area contributed by atoms with E-state index in [-0.39, 0.29) is 17.2 Å². The first-order valence-electron chi connectivity index (χ1n) is 10.5. The minimum Gasteiger partial charge on any atom is -0.444 e. The molecule has 0 spiro atoms. The Hall–Kier alpha value is -3.52. The van der Waals surface area contributed by atoms with Crippen molar-refractivity contribution in [2.75, 3.05) is 10.6 Å². The van der Waals surface area contributed by atoms with Crippen LogP contribution in [0.1, 0.15) is 37.6 Å². The Balaban J connectivity index is 1.87. The summed E-state index contributed by atoms with van der Waals surface area (Å²) in [6.45, 7) is 5.18. The summed E-state index contributed by atoms with van der Waals surface area (Å²) in [4.78, 5) is 37.5. The predicted molar refractivity (Wildman–Crippen MR) is 133 cm³/mol. The van der Waals surface area contributed by atoms with Crippen molar-refractivity contribution in [1.29, 1.82) is 0 Å². The van der Waals surface area contributed by atoms with Gasteiger partial charge in [0.05, 0.1) is 17.8 Å². The number of Topliss-reactive ketones (excluding diaryl/α,β-unsaturated/α-hetero) is 1. The maximum absolute atomic E-state index is 14.3. The Labute approximate surface area is 205 Å². The Kier molecular flexibility index (Phi) is 7.83. The molecule has 0 saturated heterocycles. The van der Waals surface area contributed by atoms with Crippen LogP contribution in [0.25, 0.3) is 11.1 Å². The first-order chi connectivity index (χ1) is 16.0. The van der Waals surface area contributed by atoms with Gasteiger partial charge in [0.15, 0.2) is 5.78 Å². The van der Waals surface area contributed by atoms with Crippen molar-refractivity contribution in [2.45, 2.75) is 32.8 Å². The van der Waals surface area contributed by atoms with Gasteiger partial charge in [0.25, 0.3) is 0 Å². The molecule has 0 fully saturated rings. The monoisotopic (exact) mass is 526 g/mol. The van der Waals surface area contributed by atoms with E-state index in [0.29, 0.717) is 16.7 Å². The van der Waals surface area contributed by atoms with Crippen LogP contribution in [0.5, 0.6) is 0 Å². The van der Waals surface area contributed by atoms with Crippen LogP contribution in [-0.4, -0.2) is 23.4 Å². The average Bonchev–Trinajstić information content (AvgIpc) is 2.74. The second-order valence-corrected chi connectivity index (χ2v) is 9.44. The summed E-state index contributed by atoms with van der Waals surface area (Å²) < 4.78 is 20.3. The van der Waals surface area contributed by atoms with Crippen molar-refractivity contribution in [3.8, 4) is 11.1 Å². The van der Waals surface area contributed by atoms with Gasteiger partial charge in [-0.25, -0.2) is 9.18 Å². The molecule has 176 valence electrons. The van der Waals surface area contributed by atoms with Crippen LogP contribution in [0.3, 0.4) is 0 Å². The molecule has 0 atom stereocenters. The third kappa shape index (κ3) is 6.99. The molecule has 0 radical (unpaired) electrons. The fourth-order valence-electron chi connectivity index (χ4n) is 3.14. The number of anilines is 2. The highest BCUT2D eigenvalue weighted by Crippen LogP contribution is 2.31. The fraction of sp³-hybridized carbons (Fsp3) is 0.192. The number of carbonyl (C=O) groups excluding carboxylic acids is 3. The number of benzene rings is 3. The summed E-state index contributed by atoms with van der Waals surface area (Å²) >= 11 is 3.30. The number of amides is 2. The van der Waals surface area contributed by atoms with E-state index in [1.54, 1.807) is 69.3 Å². The van der Waals surface area contributed by atoms with Crippen LogP contribution in [0.15, 0.2) is 71.2 Å². The number of carbonyl (C=O) groups is 3. The van der Waals surface area contributed by atoms with E-state index < -0.39 is 29.8 Å². The molecule has 0 aliphatic heterocycles.